The molecule has 10 rings (SSSR count). The molecule has 0 fully saturated rings. The van der Waals surface area contributed by atoms with E-state index < -0.39 is 10.8 Å². The van der Waals surface area contributed by atoms with Crippen LogP contribution in [0.2, 0.25) is 0 Å². The number of benzene rings is 7. The molecule has 0 saturated heterocycles. The maximum Gasteiger partial charge on any atom is 0.269 e. The van der Waals surface area contributed by atoms with E-state index in [0.29, 0.717) is 0 Å². The summed E-state index contributed by atoms with van der Waals surface area (Å²) in [4.78, 5) is 5.09. The van der Waals surface area contributed by atoms with E-state index >= 15 is 0 Å². The average molecular weight is 987 g/mol. The van der Waals surface area contributed by atoms with Crippen molar-refractivity contribution in [2.24, 2.45) is 0 Å². The van der Waals surface area contributed by atoms with Crippen molar-refractivity contribution in [2.75, 3.05) is 0 Å². The van der Waals surface area contributed by atoms with Gasteiger partial charge in [-0.1, -0.05) is 206 Å². The Morgan fingerprint density at radius 2 is 1.08 bits per heavy atom. The number of ether oxygens (including phenoxy) is 1. The van der Waals surface area contributed by atoms with Gasteiger partial charge in [0.1, 0.15) is 17.3 Å². The number of fused-ring (bicyclic) bond motifs is 3. The normalized spacial score (nSPS) is 12.6. The summed E-state index contributed by atoms with van der Waals surface area (Å²) in [6.07, 6.45) is 8.17. The van der Waals surface area contributed by atoms with E-state index in [1.54, 1.807) is 0 Å². The summed E-state index contributed by atoms with van der Waals surface area (Å²) in [5, 5.41) is 2.36. The van der Waals surface area contributed by atoms with Gasteiger partial charge in [-0.15, -0.1) is 0 Å². The summed E-state index contributed by atoms with van der Waals surface area (Å²) in [5.74, 6) is 2.93. The van der Waals surface area contributed by atoms with Crippen LogP contribution in [-0.4, -0.2) is 14.1 Å². The molecule has 0 amide bonds. The third-order valence-corrected chi connectivity index (χ3v) is 15.7. The Labute approximate surface area is 446 Å². The van der Waals surface area contributed by atoms with Gasteiger partial charge in [-0.25, -0.2) is 4.98 Å². The second-order valence-electron chi connectivity index (χ2n) is 24.4. The molecule has 0 aliphatic heterocycles. The standard InChI is InChI=1S/C70H74N4O/c1-46(2)57-32-24-33-58(47(3)4)65(57)63-44-72(53-30-23-29-50(37-53)67(5,6)7)45-73(63)54-38-52(69(11,12)48-25-17-15-18-26-48)39-55(41-54)75-56-42-60(70(13,14)49-27-19-16-20-28-49)66-59-31-21-22-34-61(59)74(62(66)43-56)64-40-51(35-36-71-64)68(8,9)10/h15-44,46-47H,1-14H3. The van der Waals surface area contributed by atoms with E-state index in [2.05, 4.69) is 293 Å². The molecule has 0 N–H and O–H groups in total. The first-order valence-electron chi connectivity index (χ1n) is 26.9. The highest BCUT2D eigenvalue weighted by molar-refractivity contribution is 6.11. The van der Waals surface area contributed by atoms with E-state index in [0.717, 1.165) is 51.0 Å². The topological polar surface area (TPSA) is 35.9 Å². The smallest absolute Gasteiger partial charge is 0.269 e. The molecular formula is C70H74N4O. The van der Waals surface area contributed by atoms with Gasteiger partial charge in [0.05, 0.1) is 28.1 Å². The minimum Gasteiger partial charge on any atom is -0.458 e. The molecule has 0 atom stereocenters. The summed E-state index contributed by atoms with van der Waals surface area (Å²) in [6.45, 7) is 32.1. The van der Waals surface area contributed by atoms with Crippen LogP contribution in [0.15, 0.2) is 182 Å². The Bertz CT molecular complexity index is 3680. The monoisotopic (exact) mass is 987 g/mol. The van der Waals surface area contributed by atoms with Gasteiger partial charge in [0.25, 0.3) is 6.33 Å². The molecule has 0 unspecified atom stereocenters. The molecule has 75 heavy (non-hydrogen) atoms. The number of rotatable bonds is 12. The molecule has 0 aliphatic carbocycles. The Kier molecular flexibility index (Phi) is 13.1. The number of hydrogen-bond donors (Lipinski definition) is 0. The molecule has 0 saturated carbocycles. The van der Waals surface area contributed by atoms with Crippen LogP contribution >= 0.6 is 0 Å². The Balaban J connectivity index is 1.26. The van der Waals surface area contributed by atoms with Crippen LogP contribution in [0.1, 0.15) is 153 Å². The van der Waals surface area contributed by atoms with Gasteiger partial charge in [0.2, 0.25) is 0 Å². The highest BCUT2D eigenvalue weighted by Gasteiger charge is 2.31. The molecule has 10 aromatic rings. The molecule has 7 aromatic carbocycles. The van der Waals surface area contributed by atoms with Crippen molar-refractivity contribution in [2.45, 2.75) is 130 Å². The minimum atomic E-state index is -0.415. The molecule has 5 nitrogen and oxygen atoms in total. The predicted molar refractivity (Wildman–Crippen MR) is 313 cm³/mol. The van der Waals surface area contributed by atoms with E-state index in [1.807, 2.05) is 6.20 Å². The fourth-order valence-electron chi connectivity index (χ4n) is 11.0. The third-order valence-electron chi connectivity index (χ3n) is 15.7. The molecule has 3 aromatic heterocycles. The van der Waals surface area contributed by atoms with Gasteiger partial charge >= 0.3 is 0 Å². The lowest BCUT2D eigenvalue weighted by atomic mass is 9.76. The van der Waals surface area contributed by atoms with E-state index in [4.69, 9.17) is 9.72 Å². The number of hydrogen-bond acceptors (Lipinski definition) is 2. The Morgan fingerprint density at radius 1 is 0.507 bits per heavy atom. The predicted octanol–water partition coefficient (Wildman–Crippen LogP) is 18.0. The summed E-state index contributed by atoms with van der Waals surface area (Å²) < 4.78 is 14.3. The van der Waals surface area contributed by atoms with Crippen molar-refractivity contribution in [3.8, 4) is 39.9 Å². The van der Waals surface area contributed by atoms with Crippen LogP contribution in [0.3, 0.4) is 0 Å². The summed E-state index contributed by atoms with van der Waals surface area (Å²) in [5.41, 5.74) is 15.4. The van der Waals surface area contributed by atoms with E-state index in [-0.39, 0.29) is 22.7 Å². The lowest BCUT2D eigenvalue weighted by molar-refractivity contribution is -0.599. The van der Waals surface area contributed by atoms with Crippen molar-refractivity contribution in [3.05, 3.63) is 233 Å². The fourth-order valence-corrected chi connectivity index (χ4v) is 11.0. The molecular weight excluding hydrogens is 913 g/mol. The first-order chi connectivity index (χ1) is 35.6. The largest absolute Gasteiger partial charge is 0.458 e. The van der Waals surface area contributed by atoms with Crippen molar-refractivity contribution in [1.29, 1.82) is 0 Å². The Morgan fingerprint density at radius 3 is 1.72 bits per heavy atom. The first kappa shape index (κ1) is 51.0. The molecule has 380 valence electrons. The van der Waals surface area contributed by atoms with Gasteiger partial charge in [0.15, 0.2) is 0 Å². The average Bonchev–Trinajstić information content (AvgIpc) is 3.99. The molecule has 3 heterocycles. The number of pyridine rings is 1. The molecule has 5 heteroatoms. The molecule has 0 radical (unpaired) electrons. The molecule has 0 spiro atoms. The van der Waals surface area contributed by atoms with Gasteiger partial charge in [-0.3, -0.25) is 13.7 Å². The van der Waals surface area contributed by atoms with Crippen LogP contribution in [0.4, 0.5) is 0 Å². The van der Waals surface area contributed by atoms with Crippen LogP contribution < -0.4 is 9.30 Å². The second-order valence-corrected chi connectivity index (χ2v) is 24.4. The van der Waals surface area contributed by atoms with Crippen LogP contribution in [0, 0.1) is 6.33 Å². The van der Waals surface area contributed by atoms with Crippen molar-refractivity contribution >= 4 is 21.8 Å². The summed E-state index contributed by atoms with van der Waals surface area (Å²) in [6, 6.07) is 61.9. The number of nitrogens with zero attached hydrogens (tertiary/aromatic N) is 4. The SMILES string of the molecule is CC(C)c1cccc(C(C)C)c1-c1c[n+](-c2cccc(C(C)(C)C)c2)[c-]n1-c1cc(Oc2cc(C(C)(C)c3ccccc3)c3c4ccccc4n(-c4cc(C(C)(C)C)ccn4)c3c2)cc(C(C)(C)c2ccccc2)c1. The molecule has 0 bridgehead atoms. The minimum absolute atomic E-state index is 0.0266. The maximum atomic E-state index is 7.50. The van der Waals surface area contributed by atoms with Crippen molar-refractivity contribution in [3.63, 3.8) is 0 Å². The van der Waals surface area contributed by atoms with Crippen molar-refractivity contribution < 1.29 is 9.30 Å². The van der Waals surface area contributed by atoms with Gasteiger partial charge in [-0.2, -0.15) is 0 Å². The maximum absolute atomic E-state index is 7.50. The zero-order valence-corrected chi connectivity index (χ0v) is 46.7. The van der Waals surface area contributed by atoms with E-state index in [9.17, 15) is 0 Å². The first-order valence-corrected chi connectivity index (χ1v) is 26.9. The quantitative estimate of drug-likeness (QED) is 0.0903. The van der Waals surface area contributed by atoms with Gasteiger partial charge < -0.3 is 4.74 Å². The Hall–Kier alpha value is -7.50. The summed E-state index contributed by atoms with van der Waals surface area (Å²) >= 11 is 0. The fraction of sp³-hybridized carbons (Fsp3) is 0.286. The zero-order chi connectivity index (χ0) is 53.2. The lowest BCUT2D eigenvalue weighted by Crippen LogP contribution is -2.29. The number of imidazole rings is 1. The molecule has 0 aliphatic rings. The van der Waals surface area contributed by atoms with Crippen LogP contribution in [0.5, 0.6) is 11.5 Å². The van der Waals surface area contributed by atoms with Gasteiger partial charge in [-0.05, 0) is 127 Å². The number of aromatic nitrogens is 4. The second kappa shape index (κ2) is 19.3. The van der Waals surface area contributed by atoms with Crippen molar-refractivity contribution in [1.82, 2.24) is 14.1 Å². The highest BCUT2D eigenvalue weighted by atomic mass is 16.5. The van der Waals surface area contributed by atoms with Gasteiger partial charge in [0, 0.05) is 40.1 Å². The lowest BCUT2D eigenvalue weighted by Gasteiger charge is -2.29. The van der Waals surface area contributed by atoms with E-state index in [1.165, 1.54) is 55.3 Å². The highest BCUT2D eigenvalue weighted by Crippen LogP contribution is 2.46. The third kappa shape index (κ3) is 9.63. The van der Waals surface area contributed by atoms with Crippen LogP contribution in [-0.2, 0) is 21.7 Å². The zero-order valence-electron chi connectivity index (χ0n) is 46.7. The number of para-hydroxylation sites is 1. The summed E-state index contributed by atoms with van der Waals surface area (Å²) in [7, 11) is 0. The van der Waals surface area contributed by atoms with Crippen LogP contribution in [0.25, 0.3) is 50.3 Å².